The van der Waals surface area contributed by atoms with Crippen molar-refractivity contribution in [3.63, 3.8) is 0 Å². The van der Waals surface area contributed by atoms with Crippen LogP contribution >= 0.6 is 15.9 Å². The Hall–Kier alpha value is -2.54. The molecule has 0 amide bonds. The molecule has 3 heterocycles. The van der Waals surface area contributed by atoms with Crippen molar-refractivity contribution < 1.29 is 4.42 Å². The Kier molecular flexibility index (Phi) is 4.93. The maximum atomic E-state index is 5.71. The Labute approximate surface area is 183 Å². The third-order valence-corrected chi connectivity index (χ3v) is 6.38. The van der Waals surface area contributed by atoms with E-state index in [2.05, 4.69) is 68.8 Å². The Bertz CT molecular complexity index is 1240. The van der Waals surface area contributed by atoms with Gasteiger partial charge in [-0.05, 0) is 54.7 Å². The molecule has 0 N–H and O–H groups in total. The van der Waals surface area contributed by atoms with Crippen molar-refractivity contribution in [1.82, 2.24) is 24.7 Å². The maximum absolute atomic E-state index is 5.71. The summed E-state index contributed by atoms with van der Waals surface area (Å²) in [5.74, 6) is 2.36. The molecule has 0 unspecified atom stereocenters. The van der Waals surface area contributed by atoms with Crippen molar-refractivity contribution in [2.45, 2.75) is 58.9 Å². The molecule has 0 fully saturated rings. The van der Waals surface area contributed by atoms with Crippen molar-refractivity contribution in [3.8, 4) is 0 Å². The molecule has 1 atom stereocenters. The summed E-state index contributed by atoms with van der Waals surface area (Å²) >= 11 is 3.61. The fraction of sp³-hybridized carbons (Fsp3) is 0.391. The van der Waals surface area contributed by atoms with Gasteiger partial charge in [-0.15, -0.1) is 10.2 Å². The average Bonchev–Trinajstić information content (AvgIpc) is 3.44. The highest BCUT2D eigenvalue weighted by atomic mass is 79.9. The molecule has 0 saturated carbocycles. The topological polar surface area (TPSA) is 69.6 Å². The van der Waals surface area contributed by atoms with Crippen LogP contribution in [0.2, 0.25) is 0 Å². The van der Waals surface area contributed by atoms with Gasteiger partial charge in [0.1, 0.15) is 11.3 Å². The van der Waals surface area contributed by atoms with E-state index in [4.69, 9.17) is 14.4 Å². The number of hydrogen-bond acceptors (Lipinski definition) is 5. The van der Waals surface area contributed by atoms with Crippen molar-refractivity contribution in [2.24, 2.45) is 0 Å². The van der Waals surface area contributed by atoms with Crippen LogP contribution in [-0.2, 0) is 25.7 Å². The minimum Gasteiger partial charge on any atom is -0.425 e. The SMILES string of the molecule is CCc1nnc(Cc2cc(C)c3nc(CC)n([C@H]4CCc5cc(Br)ccc54)c3n2)o1. The molecule has 0 aliphatic heterocycles. The Balaban J connectivity index is 1.62. The number of pyridine rings is 1. The first-order valence-corrected chi connectivity index (χ1v) is 11.3. The van der Waals surface area contributed by atoms with Gasteiger partial charge in [0.05, 0.1) is 18.2 Å². The molecule has 7 heteroatoms. The number of rotatable bonds is 5. The predicted molar refractivity (Wildman–Crippen MR) is 119 cm³/mol. The highest BCUT2D eigenvalue weighted by Gasteiger charge is 2.28. The molecular weight excluding hydrogens is 442 g/mol. The zero-order chi connectivity index (χ0) is 20.8. The molecule has 1 aromatic carbocycles. The van der Waals surface area contributed by atoms with Gasteiger partial charge in [0, 0.05) is 17.3 Å². The van der Waals surface area contributed by atoms with Gasteiger partial charge in [-0.2, -0.15) is 0 Å². The van der Waals surface area contributed by atoms with Gasteiger partial charge in [0.2, 0.25) is 11.8 Å². The van der Waals surface area contributed by atoms with Crippen molar-refractivity contribution in [2.75, 3.05) is 0 Å². The van der Waals surface area contributed by atoms with E-state index in [1.807, 2.05) is 6.92 Å². The number of halogens is 1. The van der Waals surface area contributed by atoms with E-state index >= 15 is 0 Å². The monoisotopic (exact) mass is 465 g/mol. The van der Waals surface area contributed by atoms with Crippen LogP contribution in [0.25, 0.3) is 11.2 Å². The molecule has 4 aromatic rings. The van der Waals surface area contributed by atoms with Crippen molar-refractivity contribution >= 4 is 27.1 Å². The van der Waals surface area contributed by atoms with E-state index in [0.29, 0.717) is 18.2 Å². The van der Waals surface area contributed by atoms with E-state index in [1.165, 1.54) is 11.1 Å². The fourth-order valence-electron chi connectivity index (χ4n) is 4.48. The lowest BCUT2D eigenvalue weighted by atomic mass is 10.1. The molecule has 0 saturated heterocycles. The number of aromatic nitrogens is 5. The first kappa shape index (κ1) is 19.4. The van der Waals surface area contributed by atoms with Crippen LogP contribution in [0.5, 0.6) is 0 Å². The van der Waals surface area contributed by atoms with Crippen molar-refractivity contribution in [1.29, 1.82) is 0 Å². The van der Waals surface area contributed by atoms with Gasteiger partial charge in [-0.25, -0.2) is 9.97 Å². The molecule has 0 radical (unpaired) electrons. The van der Waals surface area contributed by atoms with Crippen LogP contribution in [0.3, 0.4) is 0 Å². The summed E-state index contributed by atoms with van der Waals surface area (Å²) < 4.78 is 9.21. The minimum absolute atomic E-state index is 0.269. The number of aryl methyl sites for hydroxylation is 4. The number of nitrogens with zero attached hydrogens (tertiary/aromatic N) is 5. The fourth-order valence-corrected chi connectivity index (χ4v) is 4.89. The van der Waals surface area contributed by atoms with Gasteiger partial charge in [0.15, 0.2) is 5.65 Å². The normalized spacial score (nSPS) is 15.8. The molecule has 5 rings (SSSR count). The maximum Gasteiger partial charge on any atom is 0.222 e. The van der Waals surface area contributed by atoms with E-state index in [-0.39, 0.29) is 6.04 Å². The lowest BCUT2D eigenvalue weighted by Gasteiger charge is -2.17. The molecular formula is C23H24BrN5O. The van der Waals surface area contributed by atoms with Crippen LogP contribution in [-0.4, -0.2) is 24.7 Å². The van der Waals surface area contributed by atoms with Gasteiger partial charge in [0.25, 0.3) is 0 Å². The first-order chi connectivity index (χ1) is 14.6. The molecule has 1 aliphatic carbocycles. The Morgan fingerprint density at radius 1 is 1.10 bits per heavy atom. The summed E-state index contributed by atoms with van der Waals surface area (Å²) in [5.41, 5.74) is 6.79. The van der Waals surface area contributed by atoms with Crippen LogP contribution < -0.4 is 0 Å². The molecule has 154 valence electrons. The smallest absolute Gasteiger partial charge is 0.222 e. The van der Waals surface area contributed by atoms with Crippen LogP contribution in [0.4, 0.5) is 0 Å². The minimum atomic E-state index is 0.269. The third-order valence-electron chi connectivity index (χ3n) is 5.89. The van der Waals surface area contributed by atoms with E-state index in [9.17, 15) is 0 Å². The highest BCUT2D eigenvalue weighted by Crippen LogP contribution is 2.38. The van der Waals surface area contributed by atoms with E-state index in [1.54, 1.807) is 0 Å². The van der Waals surface area contributed by atoms with Crippen LogP contribution in [0, 0.1) is 6.92 Å². The quantitative estimate of drug-likeness (QED) is 0.408. The Morgan fingerprint density at radius 2 is 1.93 bits per heavy atom. The first-order valence-electron chi connectivity index (χ1n) is 10.5. The highest BCUT2D eigenvalue weighted by molar-refractivity contribution is 9.10. The predicted octanol–water partition coefficient (Wildman–Crippen LogP) is 5.14. The van der Waals surface area contributed by atoms with E-state index in [0.717, 1.165) is 58.4 Å². The summed E-state index contributed by atoms with van der Waals surface area (Å²) in [6.07, 6.45) is 4.28. The van der Waals surface area contributed by atoms with Gasteiger partial charge < -0.3 is 8.98 Å². The second kappa shape index (κ2) is 7.61. The molecule has 1 aliphatic rings. The van der Waals surface area contributed by atoms with Gasteiger partial charge in [-0.1, -0.05) is 35.8 Å². The largest absolute Gasteiger partial charge is 0.425 e. The number of fused-ring (bicyclic) bond motifs is 2. The molecule has 3 aromatic heterocycles. The number of benzene rings is 1. The zero-order valence-electron chi connectivity index (χ0n) is 17.4. The average molecular weight is 466 g/mol. The lowest BCUT2D eigenvalue weighted by Crippen LogP contribution is -2.12. The van der Waals surface area contributed by atoms with Crippen LogP contribution in [0.1, 0.15) is 66.3 Å². The number of hydrogen-bond donors (Lipinski definition) is 0. The summed E-state index contributed by atoms with van der Waals surface area (Å²) in [6, 6.07) is 8.97. The summed E-state index contributed by atoms with van der Waals surface area (Å²) in [4.78, 5) is 10.0. The third kappa shape index (κ3) is 3.25. The molecule has 6 nitrogen and oxygen atoms in total. The van der Waals surface area contributed by atoms with Gasteiger partial charge in [-0.3, -0.25) is 0 Å². The summed E-state index contributed by atoms with van der Waals surface area (Å²) in [6.45, 7) is 6.28. The molecule has 0 bridgehead atoms. The van der Waals surface area contributed by atoms with Crippen molar-refractivity contribution in [3.05, 3.63) is 68.7 Å². The lowest BCUT2D eigenvalue weighted by molar-refractivity contribution is 0.461. The summed E-state index contributed by atoms with van der Waals surface area (Å²) in [5, 5.41) is 8.25. The van der Waals surface area contributed by atoms with E-state index < -0.39 is 0 Å². The molecule has 0 spiro atoms. The standard InChI is InChI=1S/C23H24BrN5O/c1-4-19-26-22-13(3)10-16(12-21-28-27-20(5-2)30-21)25-23(22)29(19)18-9-6-14-11-15(24)7-8-17(14)18/h7-8,10-11,18H,4-6,9,12H2,1-3H3/t18-/m0/s1. The molecule has 30 heavy (non-hydrogen) atoms. The Morgan fingerprint density at radius 3 is 2.70 bits per heavy atom. The van der Waals surface area contributed by atoms with Gasteiger partial charge >= 0.3 is 0 Å². The van der Waals surface area contributed by atoms with Crippen LogP contribution in [0.15, 0.2) is 33.2 Å². The second-order valence-corrected chi connectivity index (χ2v) is 8.79. The summed E-state index contributed by atoms with van der Waals surface area (Å²) in [7, 11) is 0. The zero-order valence-corrected chi connectivity index (χ0v) is 19.0. The number of imidazole rings is 1. The second-order valence-electron chi connectivity index (χ2n) is 7.87.